The smallest absolute Gasteiger partial charge is 0.223 e. The fourth-order valence-electron chi connectivity index (χ4n) is 2.93. The molecule has 4 heteroatoms. The molecule has 102 valence electrons. The van der Waals surface area contributed by atoms with Crippen molar-refractivity contribution in [3.63, 3.8) is 0 Å². The normalized spacial score (nSPS) is 24.9. The minimum atomic E-state index is 0.275. The molecule has 1 amide bonds. The van der Waals surface area contributed by atoms with Gasteiger partial charge in [0.1, 0.15) is 11.5 Å². The molecule has 0 N–H and O–H groups in total. The van der Waals surface area contributed by atoms with Crippen molar-refractivity contribution in [1.29, 1.82) is 0 Å². The second-order valence-electron chi connectivity index (χ2n) is 5.30. The molecule has 0 radical (unpaired) electrons. The fourth-order valence-corrected chi connectivity index (χ4v) is 2.93. The van der Waals surface area contributed by atoms with Crippen molar-refractivity contribution in [2.45, 2.75) is 31.8 Å². The van der Waals surface area contributed by atoms with Gasteiger partial charge in [0, 0.05) is 30.6 Å². The van der Waals surface area contributed by atoms with Crippen LogP contribution in [-0.2, 0) is 11.3 Å². The maximum absolute atomic E-state index is 12.0. The van der Waals surface area contributed by atoms with E-state index in [-0.39, 0.29) is 5.91 Å². The molecule has 1 heterocycles. The molecule has 1 aromatic rings. The molecule has 1 aliphatic carbocycles. The van der Waals surface area contributed by atoms with Crippen LogP contribution in [0.4, 0.5) is 0 Å². The standard InChI is InChI=1S/C15H19NO3/c1-18-12-5-3-11(14(8-12)19-2)9-16-13-7-10(13)4-6-15(16)17/h3,5,8,10,13H,4,6-7,9H2,1-2H3. The van der Waals surface area contributed by atoms with Gasteiger partial charge in [-0.3, -0.25) is 4.79 Å². The third-order valence-corrected chi connectivity index (χ3v) is 4.17. The highest BCUT2D eigenvalue weighted by molar-refractivity contribution is 5.78. The van der Waals surface area contributed by atoms with Crippen LogP contribution in [0.25, 0.3) is 0 Å². The molecule has 2 fully saturated rings. The Bertz CT molecular complexity index is 500. The maximum atomic E-state index is 12.0. The van der Waals surface area contributed by atoms with Crippen molar-refractivity contribution in [1.82, 2.24) is 4.90 Å². The first-order valence-corrected chi connectivity index (χ1v) is 6.73. The van der Waals surface area contributed by atoms with E-state index in [1.165, 1.54) is 6.42 Å². The first kappa shape index (κ1) is 12.3. The molecular formula is C15H19NO3. The van der Waals surface area contributed by atoms with Gasteiger partial charge in [0.15, 0.2) is 0 Å². The number of carbonyl (C=O) groups is 1. The molecule has 2 unspecified atom stereocenters. The number of ether oxygens (including phenoxy) is 2. The number of hydrogen-bond acceptors (Lipinski definition) is 3. The summed E-state index contributed by atoms with van der Waals surface area (Å²) in [6, 6.07) is 6.23. The lowest BCUT2D eigenvalue weighted by Crippen LogP contribution is -2.36. The van der Waals surface area contributed by atoms with Gasteiger partial charge in [0.25, 0.3) is 0 Å². The number of methoxy groups -OCH3 is 2. The van der Waals surface area contributed by atoms with Gasteiger partial charge in [-0.25, -0.2) is 0 Å². The molecule has 19 heavy (non-hydrogen) atoms. The van der Waals surface area contributed by atoms with Gasteiger partial charge in [0.05, 0.1) is 14.2 Å². The van der Waals surface area contributed by atoms with Crippen LogP contribution in [0.1, 0.15) is 24.8 Å². The molecule has 0 bridgehead atoms. The Balaban J connectivity index is 1.80. The molecule has 2 aliphatic rings. The Labute approximate surface area is 113 Å². The van der Waals surface area contributed by atoms with Crippen molar-refractivity contribution >= 4 is 5.91 Å². The molecule has 1 aliphatic heterocycles. The molecule has 2 atom stereocenters. The van der Waals surface area contributed by atoms with Gasteiger partial charge in [-0.1, -0.05) is 0 Å². The van der Waals surface area contributed by atoms with Crippen LogP contribution in [0.2, 0.25) is 0 Å². The predicted molar refractivity (Wildman–Crippen MR) is 71.2 cm³/mol. The lowest BCUT2D eigenvalue weighted by molar-refractivity contribution is -0.134. The first-order valence-electron chi connectivity index (χ1n) is 6.73. The zero-order valence-electron chi connectivity index (χ0n) is 11.4. The number of fused-ring (bicyclic) bond motifs is 1. The van der Waals surface area contributed by atoms with Crippen molar-refractivity contribution in [2.24, 2.45) is 5.92 Å². The average Bonchev–Trinajstić information content (AvgIpc) is 3.22. The Morgan fingerprint density at radius 3 is 2.89 bits per heavy atom. The highest BCUT2D eigenvalue weighted by Crippen LogP contribution is 2.44. The summed E-state index contributed by atoms with van der Waals surface area (Å²) < 4.78 is 10.6. The fraction of sp³-hybridized carbons (Fsp3) is 0.533. The molecule has 1 saturated carbocycles. The quantitative estimate of drug-likeness (QED) is 0.834. The number of hydrogen-bond donors (Lipinski definition) is 0. The zero-order chi connectivity index (χ0) is 13.4. The lowest BCUT2D eigenvalue weighted by atomic mass is 10.1. The largest absolute Gasteiger partial charge is 0.497 e. The van der Waals surface area contributed by atoms with E-state index < -0.39 is 0 Å². The topological polar surface area (TPSA) is 38.8 Å². The molecule has 4 nitrogen and oxygen atoms in total. The minimum absolute atomic E-state index is 0.275. The average molecular weight is 261 g/mol. The Morgan fingerprint density at radius 1 is 1.32 bits per heavy atom. The molecule has 3 rings (SSSR count). The number of amides is 1. The van der Waals surface area contributed by atoms with Crippen LogP contribution >= 0.6 is 0 Å². The Morgan fingerprint density at radius 2 is 2.16 bits per heavy atom. The second-order valence-corrected chi connectivity index (χ2v) is 5.30. The number of nitrogens with zero attached hydrogens (tertiary/aromatic N) is 1. The van der Waals surface area contributed by atoms with E-state index in [0.29, 0.717) is 19.0 Å². The van der Waals surface area contributed by atoms with Crippen LogP contribution in [0.5, 0.6) is 11.5 Å². The summed E-state index contributed by atoms with van der Waals surface area (Å²) in [6.07, 6.45) is 2.93. The highest BCUT2D eigenvalue weighted by atomic mass is 16.5. The summed E-state index contributed by atoms with van der Waals surface area (Å²) >= 11 is 0. The van der Waals surface area contributed by atoms with Crippen molar-refractivity contribution in [3.05, 3.63) is 23.8 Å². The summed E-state index contributed by atoms with van der Waals surface area (Å²) in [5.74, 6) is 2.57. The van der Waals surface area contributed by atoms with E-state index >= 15 is 0 Å². The number of benzene rings is 1. The van der Waals surface area contributed by atoms with Gasteiger partial charge in [-0.15, -0.1) is 0 Å². The van der Waals surface area contributed by atoms with Crippen LogP contribution in [-0.4, -0.2) is 31.1 Å². The molecule has 0 aromatic heterocycles. The Hall–Kier alpha value is -1.71. The van der Waals surface area contributed by atoms with Gasteiger partial charge in [0.2, 0.25) is 5.91 Å². The summed E-state index contributed by atoms with van der Waals surface area (Å²) in [7, 11) is 3.29. The lowest BCUT2D eigenvalue weighted by Gasteiger charge is -2.27. The van der Waals surface area contributed by atoms with Crippen LogP contribution < -0.4 is 9.47 Å². The van der Waals surface area contributed by atoms with E-state index in [1.54, 1.807) is 14.2 Å². The maximum Gasteiger partial charge on any atom is 0.223 e. The summed E-state index contributed by atoms with van der Waals surface area (Å²) in [5, 5.41) is 0. The van der Waals surface area contributed by atoms with Crippen molar-refractivity contribution in [2.75, 3.05) is 14.2 Å². The van der Waals surface area contributed by atoms with E-state index in [0.717, 1.165) is 29.4 Å². The summed E-state index contributed by atoms with van der Waals surface area (Å²) in [6.45, 7) is 0.646. The molecule has 0 spiro atoms. The molecule has 1 saturated heterocycles. The van der Waals surface area contributed by atoms with Gasteiger partial charge < -0.3 is 14.4 Å². The second kappa shape index (κ2) is 4.76. The zero-order valence-corrected chi connectivity index (χ0v) is 11.4. The van der Waals surface area contributed by atoms with Crippen molar-refractivity contribution in [3.8, 4) is 11.5 Å². The van der Waals surface area contributed by atoms with Crippen LogP contribution in [0.3, 0.4) is 0 Å². The third-order valence-electron chi connectivity index (χ3n) is 4.17. The number of rotatable bonds is 4. The molecule has 1 aromatic carbocycles. The van der Waals surface area contributed by atoms with Gasteiger partial charge in [-0.05, 0) is 30.9 Å². The van der Waals surface area contributed by atoms with E-state index in [1.807, 2.05) is 23.1 Å². The predicted octanol–water partition coefficient (Wildman–Crippen LogP) is 2.21. The monoisotopic (exact) mass is 261 g/mol. The van der Waals surface area contributed by atoms with E-state index in [2.05, 4.69) is 0 Å². The third kappa shape index (κ3) is 2.27. The SMILES string of the molecule is COc1ccc(CN2C(=O)CCC3CC32)c(OC)c1. The van der Waals surface area contributed by atoms with E-state index in [9.17, 15) is 4.79 Å². The summed E-state index contributed by atoms with van der Waals surface area (Å²) in [4.78, 5) is 14.0. The summed E-state index contributed by atoms with van der Waals surface area (Å²) in [5.41, 5.74) is 1.05. The molecular weight excluding hydrogens is 242 g/mol. The van der Waals surface area contributed by atoms with Crippen molar-refractivity contribution < 1.29 is 14.3 Å². The Kier molecular flexibility index (Phi) is 3.09. The first-order chi connectivity index (χ1) is 9.22. The van der Waals surface area contributed by atoms with Gasteiger partial charge >= 0.3 is 0 Å². The minimum Gasteiger partial charge on any atom is -0.497 e. The van der Waals surface area contributed by atoms with Crippen LogP contribution in [0, 0.1) is 5.92 Å². The highest BCUT2D eigenvalue weighted by Gasteiger charge is 2.47. The van der Waals surface area contributed by atoms with E-state index in [4.69, 9.17) is 9.47 Å². The number of piperidine rings is 1. The van der Waals surface area contributed by atoms with Gasteiger partial charge in [-0.2, -0.15) is 0 Å². The van der Waals surface area contributed by atoms with Crippen LogP contribution in [0.15, 0.2) is 18.2 Å². The number of carbonyl (C=O) groups excluding carboxylic acids is 1. The number of likely N-dealkylation sites (tertiary alicyclic amines) is 1.